The molecule has 1 heterocycles. The topological polar surface area (TPSA) is 51.2 Å². The van der Waals surface area contributed by atoms with Crippen molar-refractivity contribution >= 4 is 22.4 Å². The highest BCUT2D eigenvalue weighted by Crippen LogP contribution is 2.24. The van der Waals surface area contributed by atoms with E-state index in [9.17, 15) is 4.79 Å². The first-order valence-corrected chi connectivity index (χ1v) is 8.42. The molecule has 0 atom stereocenters. The first-order valence-electron chi connectivity index (χ1n) is 7.60. The van der Waals surface area contributed by atoms with E-state index >= 15 is 0 Å². The normalized spacial score (nSPS) is 10.4. The van der Waals surface area contributed by atoms with E-state index in [1.807, 2.05) is 18.3 Å². The van der Waals surface area contributed by atoms with E-state index in [1.165, 1.54) is 22.5 Å². The molecule has 0 fully saturated rings. The number of aromatic nitrogens is 1. The minimum atomic E-state index is -0.219. The number of ether oxygens (including phenoxy) is 1. The van der Waals surface area contributed by atoms with Gasteiger partial charge in [-0.1, -0.05) is 42.0 Å². The van der Waals surface area contributed by atoms with Gasteiger partial charge >= 0.3 is 0 Å². The summed E-state index contributed by atoms with van der Waals surface area (Å²) < 4.78 is 5.22. The molecule has 3 rings (SSSR count). The molecule has 5 heteroatoms. The molecule has 0 saturated heterocycles. The summed E-state index contributed by atoms with van der Waals surface area (Å²) in [4.78, 5) is 17.8. The molecule has 0 spiro atoms. The van der Waals surface area contributed by atoms with Gasteiger partial charge in [0.15, 0.2) is 5.13 Å². The fourth-order valence-corrected chi connectivity index (χ4v) is 3.31. The molecular weight excluding hydrogens is 320 g/mol. The molecule has 1 amide bonds. The van der Waals surface area contributed by atoms with E-state index in [0.29, 0.717) is 16.4 Å². The number of hydrogen-bond acceptors (Lipinski definition) is 4. The second kappa shape index (κ2) is 7.27. The fourth-order valence-electron chi connectivity index (χ4n) is 2.47. The van der Waals surface area contributed by atoms with E-state index < -0.39 is 0 Å². The number of aryl methyl sites for hydroxylation is 1. The van der Waals surface area contributed by atoms with Gasteiger partial charge in [-0.2, -0.15) is 0 Å². The summed E-state index contributed by atoms with van der Waals surface area (Å²) >= 11 is 1.49. The quantitative estimate of drug-likeness (QED) is 0.754. The standard InChI is InChI=1S/C19H18N2O2S/c1-13-6-5-7-14(10-13)11-15-12-20-19(24-15)21-18(22)16-8-3-4-9-17(16)23-2/h3-10,12H,11H2,1-2H3,(H,20,21,22). The number of carbonyl (C=O) groups is 1. The van der Waals surface area contributed by atoms with Crippen molar-refractivity contribution < 1.29 is 9.53 Å². The molecule has 3 aromatic rings. The predicted molar refractivity (Wildman–Crippen MR) is 97.0 cm³/mol. The Morgan fingerprint density at radius 2 is 2.04 bits per heavy atom. The first kappa shape index (κ1) is 16.2. The number of rotatable bonds is 5. The molecule has 1 N–H and O–H groups in total. The third-order valence-corrected chi connectivity index (χ3v) is 4.50. The van der Waals surface area contributed by atoms with Gasteiger partial charge in [0, 0.05) is 17.5 Å². The van der Waals surface area contributed by atoms with Gasteiger partial charge in [0.25, 0.3) is 5.91 Å². The highest BCUT2D eigenvalue weighted by molar-refractivity contribution is 7.15. The number of nitrogens with one attached hydrogen (secondary N) is 1. The monoisotopic (exact) mass is 338 g/mol. The summed E-state index contributed by atoms with van der Waals surface area (Å²) in [6, 6.07) is 15.5. The largest absolute Gasteiger partial charge is 0.496 e. The number of nitrogens with zero attached hydrogens (tertiary/aromatic N) is 1. The van der Waals surface area contributed by atoms with Gasteiger partial charge in [-0.15, -0.1) is 11.3 Å². The van der Waals surface area contributed by atoms with Crippen LogP contribution < -0.4 is 10.1 Å². The Balaban J connectivity index is 1.71. The summed E-state index contributed by atoms with van der Waals surface area (Å²) in [6.07, 6.45) is 2.62. The molecule has 2 aromatic carbocycles. The van der Waals surface area contributed by atoms with Crippen LogP contribution in [-0.4, -0.2) is 18.0 Å². The molecule has 0 aliphatic heterocycles. The van der Waals surface area contributed by atoms with Crippen LogP contribution in [0.3, 0.4) is 0 Å². The lowest BCUT2D eigenvalue weighted by atomic mass is 10.1. The summed E-state index contributed by atoms with van der Waals surface area (Å²) in [7, 11) is 1.55. The lowest BCUT2D eigenvalue weighted by Crippen LogP contribution is -2.12. The molecule has 122 valence electrons. The second-order valence-corrected chi connectivity index (χ2v) is 6.57. The molecule has 0 unspecified atom stereocenters. The Hall–Kier alpha value is -2.66. The van der Waals surface area contributed by atoms with Crippen LogP contribution in [0.4, 0.5) is 5.13 Å². The average Bonchev–Trinajstić information content (AvgIpc) is 3.01. The lowest BCUT2D eigenvalue weighted by Gasteiger charge is -2.07. The van der Waals surface area contributed by atoms with Crippen molar-refractivity contribution in [1.82, 2.24) is 4.98 Å². The average molecular weight is 338 g/mol. The smallest absolute Gasteiger partial charge is 0.261 e. The molecule has 24 heavy (non-hydrogen) atoms. The Morgan fingerprint density at radius 1 is 1.21 bits per heavy atom. The van der Waals surface area contributed by atoms with Gasteiger partial charge in [-0.05, 0) is 24.6 Å². The van der Waals surface area contributed by atoms with Crippen molar-refractivity contribution in [2.75, 3.05) is 12.4 Å². The molecule has 0 bridgehead atoms. The number of benzene rings is 2. The van der Waals surface area contributed by atoms with E-state index in [4.69, 9.17) is 4.74 Å². The van der Waals surface area contributed by atoms with Gasteiger partial charge in [0.2, 0.25) is 0 Å². The molecule has 0 radical (unpaired) electrons. The number of anilines is 1. The zero-order valence-corrected chi connectivity index (χ0v) is 14.4. The van der Waals surface area contributed by atoms with Crippen LogP contribution in [0.2, 0.25) is 0 Å². The highest BCUT2D eigenvalue weighted by atomic mass is 32.1. The number of hydrogen-bond donors (Lipinski definition) is 1. The number of amides is 1. The predicted octanol–water partition coefficient (Wildman–Crippen LogP) is 4.30. The van der Waals surface area contributed by atoms with Crippen molar-refractivity contribution in [2.24, 2.45) is 0 Å². The third-order valence-electron chi connectivity index (χ3n) is 3.59. The van der Waals surface area contributed by atoms with Crippen LogP contribution in [0.15, 0.2) is 54.7 Å². The minimum Gasteiger partial charge on any atom is -0.496 e. The molecule has 0 aliphatic rings. The number of methoxy groups -OCH3 is 1. The minimum absolute atomic E-state index is 0.219. The molecule has 1 aromatic heterocycles. The van der Waals surface area contributed by atoms with E-state index in [0.717, 1.165) is 11.3 Å². The van der Waals surface area contributed by atoms with Gasteiger partial charge in [-0.3, -0.25) is 10.1 Å². The van der Waals surface area contributed by atoms with Gasteiger partial charge in [-0.25, -0.2) is 4.98 Å². The van der Waals surface area contributed by atoms with Gasteiger partial charge in [0.05, 0.1) is 12.7 Å². The van der Waals surface area contributed by atoms with E-state index in [2.05, 4.69) is 41.5 Å². The van der Waals surface area contributed by atoms with Crippen LogP contribution in [-0.2, 0) is 6.42 Å². The summed E-state index contributed by atoms with van der Waals surface area (Å²) in [5, 5.41) is 3.43. The van der Waals surface area contributed by atoms with Crippen molar-refractivity contribution in [2.45, 2.75) is 13.3 Å². The van der Waals surface area contributed by atoms with Crippen LogP contribution in [0.25, 0.3) is 0 Å². The van der Waals surface area contributed by atoms with Crippen molar-refractivity contribution in [3.63, 3.8) is 0 Å². The third kappa shape index (κ3) is 3.81. The number of carbonyl (C=O) groups excluding carboxylic acids is 1. The number of para-hydroxylation sites is 1. The fraction of sp³-hybridized carbons (Fsp3) is 0.158. The molecular formula is C19H18N2O2S. The van der Waals surface area contributed by atoms with Gasteiger partial charge < -0.3 is 4.74 Å². The van der Waals surface area contributed by atoms with Gasteiger partial charge in [0.1, 0.15) is 5.75 Å². The Bertz CT molecular complexity index is 858. The molecule has 0 aliphatic carbocycles. The maximum atomic E-state index is 12.4. The van der Waals surface area contributed by atoms with E-state index in [1.54, 1.807) is 19.2 Å². The zero-order chi connectivity index (χ0) is 16.9. The maximum Gasteiger partial charge on any atom is 0.261 e. The highest BCUT2D eigenvalue weighted by Gasteiger charge is 2.13. The zero-order valence-electron chi connectivity index (χ0n) is 13.6. The van der Waals surface area contributed by atoms with Crippen LogP contribution in [0.1, 0.15) is 26.4 Å². The lowest BCUT2D eigenvalue weighted by molar-refractivity contribution is 0.102. The van der Waals surface area contributed by atoms with Crippen LogP contribution >= 0.6 is 11.3 Å². The summed E-state index contributed by atoms with van der Waals surface area (Å²) in [5.74, 6) is 0.329. The maximum absolute atomic E-state index is 12.4. The summed E-state index contributed by atoms with van der Waals surface area (Å²) in [6.45, 7) is 2.08. The first-order chi connectivity index (χ1) is 11.7. The second-order valence-electron chi connectivity index (χ2n) is 5.45. The van der Waals surface area contributed by atoms with Crippen LogP contribution in [0, 0.1) is 6.92 Å². The SMILES string of the molecule is COc1ccccc1C(=O)Nc1ncc(Cc2cccc(C)c2)s1. The Kier molecular flexibility index (Phi) is 4.91. The number of thiazole rings is 1. The molecule has 4 nitrogen and oxygen atoms in total. The Labute approximate surface area is 145 Å². The van der Waals surface area contributed by atoms with Crippen LogP contribution in [0.5, 0.6) is 5.75 Å². The van der Waals surface area contributed by atoms with E-state index in [-0.39, 0.29) is 5.91 Å². The van der Waals surface area contributed by atoms with Crippen molar-refractivity contribution in [3.8, 4) is 5.75 Å². The summed E-state index contributed by atoms with van der Waals surface area (Å²) in [5.41, 5.74) is 2.97. The Morgan fingerprint density at radius 3 is 2.83 bits per heavy atom. The van der Waals surface area contributed by atoms with Crippen molar-refractivity contribution in [1.29, 1.82) is 0 Å². The van der Waals surface area contributed by atoms with Crippen molar-refractivity contribution in [3.05, 3.63) is 76.3 Å². The molecule has 0 saturated carbocycles.